The summed E-state index contributed by atoms with van der Waals surface area (Å²) in [7, 11) is 1.97. The molecule has 1 heterocycles. The molecule has 0 fully saturated rings. The van der Waals surface area contributed by atoms with Gasteiger partial charge < -0.3 is 9.64 Å². The molecule has 24 heavy (non-hydrogen) atoms. The average Bonchev–Trinajstić information content (AvgIpc) is 2.59. The monoisotopic (exact) mass is 387 g/mol. The van der Waals surface area contributed by atoms with Gasteiger partial charge in [-0.15, -0.1) is 0 Å². The highest BCUT2D eigenvalue weighted by molar-refractivity contribution is 9.10. The van der Waals surface area contributed by atoms with E-state index in [1.54, 1.807) is 12.4 Å². The van der Waals surface area contributed by atoms with Crippen LogP contribution in [0.1, 0.15) is 23.7 Å². The van der Waals surface area contributed by atoms with E-state index in [1.807, 2.05) is 30.1 Å². The Morgan fingerprint density at radius 2 is 2.12 bits per heavy atom. The van der Waals surface area contributed by atoms with E-state index in [0.29, 0.717) is 18.2 Å². The Labute approximate surface area is 152 Å². The smallest absolute Gasteiger partial charge is 0.229 e. The highest BCUT2D eigenvalue weighted by Gasteiger charge is 2.10. The van der Waals surface area contributed by atoms with Crippen LogP contribution in [0, 0.1) is 6.92 Å². The second-order valence-electron chi connectivity index (χ2n) is 5.42. The highest BCUT2D eigenvalue weighted by Crippen LogP contribution is 2.31. The zero-order chi connectivity index (χ0) is 17.5. The molecule has 0 bridgehead atoms. The van der Waals surface area contributed by atoms with E-state index in [1.165, 1.54) is 5.56 Å². The van der Waals surface area contributed by atoms with Crippen molar-refractivity contribution in [1.82, 2.24) is 9.88 Å². The summed E-state index contributed by atoms with van der Waals surface area (Å²) in [4.78, 5) is 11.0. The SMILES string of the molecule is C=Cc1nc(OCc2ccccc2C)c(Br)cc1/N=C/N(C)CC. The van der Waals surface area contributed by atoms with E-state index in [-0.39, 0.29) is 0 Å². The first-order valence-electron chi connectivity index (χ1n) is 7.79. The van der Waals surface area contributed by atoms with Gasteiger partial charge in [-0.1, -0.05) is 30.8 Å². The molecule has 5 heteroatoms. The quantitative estimate of drug-likeness (QED) is 0.496. The van der Waals surface area contributed by atoms with Gasteiger partial charge in [-0.05, 0) is 53.0 Å². The summed E-state index contributed by atoms with van der Waals surface area (Å²) in [5.74, 6) is 0.538. The number of aliphatic imine (C=N–C) groups is 1. The third-order valence-corrected chi connectivity index (χ3v) is 4.23. The van der Waals surface area contributed by atoms with Crippen LogP contribution in [0.3, 0.4) is 0 Å². The van der Waals surface area contributed by atoms with Crippen molar-refractivity contribution in [2.45, 2.75) is 20.5 Å². The first kappa shape index (κ1) is 18.2. The van der Waals surface area contributed by atoms with E-state index < -0.39 is 0 Å². The first-order chi connectivity index (χ1) is 11.5. The third kappa shape index (κ3) is 4.68. The first-order valence-corrected chi connectivity index (χ1v) is 8.59. The molecule has 126 valence electrons. The lowest BCUT2D eigenvalue weighted by atomic mass is 10.1. The summed E-state index contributed by atoms with van der Waals surface area (Å²) in [5, 5.41) is 0. The summed E-state index contributed by atoms with van der Waals surface area (Å²) in [6.07, 6.45) is 3.47. The molecule has 0 spiro atoms. The number of hydrogen-bond donors (Lipinski definition) is 0. The molecule has 0 N–H and O–H groups in total. The van der Waals surface area contributed by atoms with E-state index in [2.05, 4.69) is 58.5 Å². The molecule has 2 rings (SSSR count). The predicted molar refractivity (Wildman–Crippen MR) is 104 cm³/mol. The lowest BCUT2D eigenvalue weighted by Gasteiger charge is -2.12. The van der Waals surface area contributed by atoms with Crippen LogP contribution < -0.4 is 4.74 Å². The Bertz CT molecular complexity index is 743. The van der Waals surface area contributed by atoms with Gasteiger partial charge in [0.2, 0.25) is 5.88 Å². The van der Waals surface area contributed by atoms with Crippen molar-refractivity contribution in [1.29, 1.82) is 0 Å². The minimum absolute atomic E-state index is 0.468. The van der Waals surface area contributed by atoms with Crippen molar-refractivity contribution in [2.75, 3.05) is 13.6 Å². The summed E-state index contributed by atoms with van der Waals surface area (Å²) in [6.45, 7) is 9.31. The average molecular weight is 388 g/mol. The van der Waals surface area contributed by atoms with Gasteiger partial charge in [-0.25, -0.2) is 9.98 Å². The van der Waals surface area contributed by atoms with Crippen LogP contribution in [0.4, 0.5) is 5.69 Å². The van der Waals surface area contributed by atoms with Gasteiger partial charge in [0.1, 0.15) is 6.61 Å². The summed E-state index contributed by atoms with van der Waals surface area (Å²) >= 11 is 3.52. The lowest BCUT2D eigenvalue weighted by Crippen LogP contribution is -2.14. The van der Waals surface area contributed by atoms with Gasteiger partial charge >= 0.3 is 0 Å². The number of rotatable bonds is 7. The minimum atomic E-state index is 0.468. The molecule has 1 aromatic heterocycles. The number of hydrogen-bond acceptors (Lipinski definition) is 3. The fourth-order valence-electron chi connectivity index (χ4n) is 1.99. The molecule has 2 aromatic rings. The molecule has 0 saturated heterocycles. The largest absolute Gasteiger partial charge is 0.472 e. The van der Waals surface area contributed by atoms with Gasteiger partial charge in [0.25, 0.3) is 0 Å². The van der Waals surface area contributed by atoms with Gasteiger partial charge in [0.05, 0.1) is 22.2 Å². The molecule has 0 atom stereocenters. The van der Waals surface area contributed by atoms with E-state index in [9.17, 15) is 0 Å². The number of nitrogens with zero attached hydrogens (tertiary/aromatic N) is 3. The van der Waals surface area contributed by atoms with Gasteiger partial charge in [-0.2, -0.15) is 0 Å². The van der Waals surface area contributed by atoms with E-state index in [4.69, 9.17) is 4.74 Å². The summed E-state index contributed by atoms with van der Waals surface area (Å²) in [6, 6.07) is 10.0. The Morgan fingerprint density at radius 3 is 2.79 bits per heavy atom. The van der Waals surface area contributed by atoms with Crippen LogP contribution in [0.2, 0.25) is 0 Å². The minimum Gasteiger partial charge on any atom is -0.472 e. The second-order valence-corrected chi connectivity index (χ2v) is 6.27. The van der Waals surface area contributed by atoms with Gasteiger partial charge in [-0.3, -0.25) is 0 Å². The molecule has 4 nitrogen and oxygen atoms in total. The number of ether oxygens (including phenoxy) is 1. The molecular formula is C19H22BrN3O. The molecule has 0 radical (unpaired) electrons. The number of halogens is 1. The fraction of sp³-hybridized carbons (Fsp3) is 0.263. The third-order valence-electron chi connectivity index (χ3n) is 3.66. The Kier molecular flexibility index (Phi) is 6.55. The normalized spacial score (nSPS) is 10.8. The molecule has 0 amide bonds. The van der Waals surface area contributed by atoms with Gasteiger partial charge in [0, 0.05) is 13.6 Å². The van der Waals surface area contributed by atoms with Crippen LogP contribution in [0.25, 0.3) is 6.08 Å². The second kappa shape index (κ2) is 8.64. The zero-order valence-electron chi connectivity index (χ0n) is 14.3. The van der Waals surface area contributed by atoms with Crippen molar-refractivity contribution in [3.05, 3.63) is 58.2 Å². The Hall–Kier alpha value is -2.14. The number of pyridine rings is 1. The molecule has 0 aliphatic carbocycles. The molecule has 0 unspecified atom stereocenters. The van der Waals surface area contributed by atoms with Crippen molar-refractivity contribution in [3.8, 4) is 5.88 Å². The molecule has 0 saturated carbocycles. The topological polar surface area (TPSA) is 37.7 Å². The highest BCUT2D eigenvalue weighted by atomic mass is 79.9. The lowest BCUT2D eigenvalue weighted by molar-refractivity contribution is 0.291. The van der Waals surface area contributed by atoms with Crippen LogP contribution in [0.15, 0.2) is 46.4 Å². The summed E-state index contributed by atoms with van der Waals surface area (Å²) in [5.41, 5.74) is 3.78. The van der Waals surface area contributed by atoms with Crippen molar-refractivity contribution in [3.63, 3.8) is 0 Å². The Balaban J connectivity index is 2.21. The van der Waals surface area contributed by atoms with Crippen molar-refractivity contribution >= 4 is 34.0 Å². The fourth-order valence-corrected chi connectivity index (χ4v) is 2.41. The molecular weight excluding hydrogens is 366 g/mol. The number of aromatic nitrogens is 1. The van der Waals surface area contributed by atoms with Crippen LogP contribution in [-0.4, -0.2) is 29.8 Å². The maximum atomic E-state index is 5.88. The van der Waals surface area contributed by atoms with E-state index in [0.717, 1.165) is 22.3 Å². The van der Waals surface area contributed by atoms with Crippen LogP contribution in [0.5, 0.6) is 5.88 Å². The van der Waals surface area contributed by atoms with Crippen LogP contribution >= 0.6 is 15.9 Å². The number of benzene rings is 1. The van der Waals surface area contributed by atoms with Crippen molar-refractivity contribution in [2.24, 2.45) is 4.99 Å². The summed E-state index contributed by atoms with van der Waals surface area (Å²) < 4.78 is 6.65. The number of aryl methyl sites for hydroxylation is 1. The maximum absolute atomic E-state index is 5.88. The van der Waals surface area contributed by atoms with E-state index >= 15 is 0 Å². The molecule has 0 aliphatic rings. The zero-order valence-corrected chi connectivity index (χ0v) is 15.9. The molecule has 0 aliphatic heterocycles. The predicted octanol–water partition coefficient (Wildman–Crippen LogP) is 4.99. The molecule has 1 aromatic carbocycles. The Morgan fingerprint density at radius 1 is 1.38 bits per heavy atom. The van der Waals surface area contributed by atoms with Crippen LogP contribution in [-0.2, 0) is 6.61 Å². The standard InChI is InChI=1S/C19H22BrN3O/c1-5-17-18(21-13-23(4)6-2)11-16(20)19(22-17)24-12-15-10-8-7-9-14(15)3/h5,7-11,13H,1,6,12H2,2-4H3/b21-13+. The van der Waals surface area contributed by atoms with Crippen molar-refractivity contribution < 1.29 is 4.74 Å². The van der Waals surface area contributed by atoms with Gasteiger partial charge in [0.15, 0.2) is 0 Å². The maximum Gasteiger partial charge on any atom is 0.229 e.